The average Bonchev–Trinajstić information content (AvgIpc) is 2.53. The average molecular weight is 354 g/mol. The molecule has 0 spiro atoms. The predicted molar refractivity (Wildman–Crippen MR) is 98.2 cm³/mol. The van der Waals surface area contributed by atoms with Crippen LogP contribution in [0.2, 0.25) is 0 Å². The van der Waals surface area contributed by atoms with Crippen molar-refractivity contribution < 1.29 is 14.5 Å². The van der Waals surface area contributed by atoms with Crippen molar-refractivity contribution in [3.63, 3.8) is 0 Å². The van der Waals surface area contributed by atoms with Gasteiger partial charge >= 0.3 is 0 Å². The number of nitro groups is 1. The molecule has 1 heterocycles. The molecule has 1 aliphatic rings. The fourth-order valence-corrected chi connectivity index (χ4v) is 3.34. The lowest BCUT2D eigenvalue weighted by molar-refractivity contribution is -0.385. The number of carbonyl (C=O) groups is 1. The summed E-state index contributed by atoms with van der Waals surface area (Å²) in [4.78, 5) is 23.2. The van der Waals surface area contributed by atoms with Crippen LogP contribution in [0.5, 0.6) is 5.75 Å². The molecule has 0 aliphatic carbocycles. The van der Waals surface area contributed by atoms with E-state index in [9.17, 15) is 14.9 Å². The summed E-state index contributed by atoms with van der Waals surface area (Å²) in [6.45, 7) is 5.96. The van der Waals surface area contributed by atoms with Gasteiger partial charge in [-0.2, -0.15) is 0 Å². The second-order valence-corrected chi connectivity index (χ2v) is 7.29. The Labute approximate surface area is 152 Å². The third kappa shape index (κ3) is 3.85. The predicted octanol–water partition coefficient (Wildman–Crippen LogP) is 3.86. The second-order valence-electron chi connectivity index (χ2n) is 7.29. The molecule has 2 aromatic rings. The molecule has 6 nitrogen and oxygen atoms in total. The molecule has 0 radical (unpaired) electrons. The molecule has 136 valence electrons. The van der Waals surface area contributed by atoms with Crippen molar-refractivity contribution in [1.29, 1.82) is 0 Å². The number of hydrogen-bond donors (Lipinski definition) is 1. The van der Waals surface area contributed by atoms with Crippen LogP contribution in [0.3, 0.4) is 0 Å². The van der Waals surface area contributed by atoms with Crippen LogP contribution in [-0.4, -0.2) is 16.4 Å². The highest BCUT2D eigenvalue weighted by atomic mass is 16.6. The topological polar surface area (TPSA) is 81.5 Å². The number of aryl methyl sites for hydroxylation is 1. The lowest BCUT2D eigenvalue weighted by Crippen LogP contribution is -2.41. The quantitative estimate of drug-likeness (QED) is 0.667. The Morgan fingerprint density at radius 2 is 2.04 bits per heavy atom. The fourth-order valence-electron chi connectivity index (χ4n) is 3.34. The van der Waals surface area contributed by atoms with Gasteiger partial charge in [-0.25, -0.2) is 0 Å². The molecule has 1 atom stereocenters. The molecule has 0 saturated carbocycles. The van der Waals surface area contributed by atoms with E-state index in [-0.39, 0.29) is 24.1 Å². The highest BCUT2D eigenvalue weighted by Crippen LogP contribution is 2.39. The van der Waals surface area contributed by atoms with Crippen molar-refractivity contribution in [3.8, 4) is 5.75 Å². The summed E-state index contributed by atoms with van der Waals surface area (Å²) < 4.78 is 6.04. The third-order valence-electron chi connectivity index (χ3n) is 4.50. The van der Waals surface area contributed by atoms with Crippen LogP contribution < -0.4 is 10.1 Å². The van der Waals surface area contributed by atoms with Crippen LogP contribution >= 0.6 is 0 Å². The number of fused-ring (bicyclic) bond motifs is 1. The van der Waals surface area contributed by atoms with Crippen molar-refractivity contribution in [1.82, 2.24) is 5.32 Å². The van der Waals surface area contributed by atoms with E-state index in [1.807, 2.05) is 39.0 Å². The van der Waals surface area contributed by atoms with E-state index in [4.69, 9.17) is 4.74 Å². The Kier molecular flexibility index (Phi) is 4.68. The molecule has 0 aromatic heterocycles. The van der Waals surface area contributed by atoms with Gasteiger partial charge in [0.2, 0.25) is 5.91 Å². The van der Waals surface area contributed by atoms with E-state index in [1.165, 1.54) is 6.07 Å². The van der Waals surface area contributed by atoms with Crippen molar-refractivity contribution in [2.45, 2.75) is 45.3 Å². The van der Waals surface area contributed by atoms with Crippen LogP contribution in [0.1, 0.15) is 43.0 Å². The number of nitrogens with one attached hydrogen (secondary N) is 1. The molecular weight excluding hydrogens is 332 g/mol. The number of nitrogens with zero attached hydrogens (tertiary/aromatic N) is 1. The number of rotatable bonds is 4. The Balaban J connectivity index is 1.81. The molecule has 1 N–H and O–H groups in total. The number of benzene rings is 2. The zero-order valence-electron chi connectivity index (χ0n) is 15.1. The molecule has 0 bridgehead atoms. The first-order valence-electron chi connectivity index (χ1n) is 8.56. The molecule has 0 saturated heterocycles. The lowest BCUT2D eigenvalue weighted by atomic mass is 9.89. The summed E-state index contributed by atoms with van der Waals surface area (Å²) in [7, 11) is 0. The molecule has 0 fully saturated rings. The largest absolute Gasteiger partial charge is 0.487 e. The summed E-state index contributed by atoms with van der Waals surface area (Å²) in [6, 6.07) is 12.1. The van der Waals surface area contributed by atoms with E-state index in [0.717, 1.165) is 16.9 Å². The molecule has 1 unspecified atom stereocenters. The molecule has 2 aromatic carbocycles. The molecule has 6 heteroatoms. The van der Waals surface area contributed by atoms with E-state index < -0.39 is 10.5 Å². The van der Waals surface area contributed by atoms with Gasteiger partial charge in [-0.1, -0.05) is 30.3 Å². The summed E-state index contributed by atoms with van der Waals surface area (Å²) >= 11 is 0. The van der Waals surface area contributed by atoms with E-state index in [2.05, 4.69) is 5.32 Å². The minimum atomic E-state index is -0.460. The highest BCUT2D eigenvalue weighted by molar-refractivity contribution is 5.80. The first kappa shape index (κ1) is 17.9. The zero-order valence-corrected chi connectivity index (χ0v) is 15.1. The van der Waals surface area contributed by atoms with Gasteiger partial charge in [0.15, 0.2) is 0 Å². The normalized spacial score (nSPS) is 17.7. The first-order valence-corrected chi connectivity index (χ1v) is 8.56. The van der Waals surface area contributed by atoms with Crippen molar-refractivity contribution >= 4 is 11.6 Å². The number of ether oxygens (including phenoxy) is 1. The Hall–Kier alpha value is -2.89. The van der Waals surface area contributed by atoms with Crippen LogP contribution in [0.15, 0.2) is 42.5 Å². The molecule has 3 rings (SSSR count). The number of carbonyl (C=O) groups excluding carboxylic acids is 1. The van der Waals surface area contributed by atoms with Gasteiger partial charge in [0.25, 0.3) is 5.69 Å². The van der Waals surface area contributed by atoms with Gasteiger partial charge in [-0.05, 0) is 32.4 Å². The number of hydrogen-bond acceptors (Lipinski definition) is 4. The Bertz CT molecular complexity index is 861. The van der Waals surface area contributed by atoms with E-state index >= 15 is 0 Å². The fraction of sp³-hybridized carbons (Fsp3) is 0.350. The lowest BCUT2D eigenvalue weighted by Gasteiger charge is -2.38. The van der Waals surface area contributed by atoms with Gasteiger partial charge in [-0.15, -0.1) is 0 Å². The molecule has 1 amide bonds. The molecular formula is C20H22N2O4. The summed E-state index contributed by atoms with van der Waals surface area (Å²) in [5.74, 6) is 0.533. The smallest absolute Gasteiger partial charge is 0.273 e. The second kappa shape index (κ2) is 6.78. The van der Waals surface area contributed by atoms with Crippen molar-refractivity contribution in [2.24, 2.45) is 0 Å². The highest BCUT2D eigenvalue weighted by Gasteiger charge is 2.34. The van der Waals surface area contributed by atoms with Crippen LogP contribution in [-0.2, 0) is 11.2 Å². The van der Waals surface area contributed by atoms with Crippen LogP contribution in [0.4, 0.5) is 5.69 Å². The van der Waals surface area contributed by atoms with Gasteiger partial charge in [0, 0.05) is 23.6 Å². The maximum absolute atomic E-state index is 12.6. The molecule has 1 aliphatic heterocycles. The van der Waals surface area contributed by atoms with E-state index in [0.29, 0.717) is 12.0 Å². The first-order chi connectivity index (χ1) is 12.2. The summed E-state index contributed by atoms with van der Waals surface area (Å²) in [6.07, 6.45) is 0.599. The number of nitro benzene ring substituents is 1. The minimum Gasteiger partial charge on any atom is -0.487 e. The number of para-hydroxylation sites is 1. The number of amides is 1. The molecule has 26 heavy (non-hydrogen) atoms. The third-order valence-corrected chi connectivity index (χ3v) is 4.50. The summed E-state index contributed by atoms with van der Waals surface area (Å²) in [5, 5.41) is 14.2. The van der Waals surface area contributed by atoms with Crippen LogP contribution in [0.25, 0.3) is 0 Å². The van der Waals surface area contributed by atoms with Gasteiger partial charge in [-0.3, -0.25) is 14.9 Å². The Morgan fingerprint density at radius 3 is 2.77 bits per heavy atom. The minimum absolute atomic E-state index is 0.0316. The van der Waals surface area contributed by atoms with Gasteiger partial charge in [0.1, 0.15) is 11.4 Å². The van der Waals surface area contributed by atoms with Crippen LogP contribution in [0, 0.1) is 17.0 Å². The maximum atomic E-state index is 12.6. The monoisotopic (exact) mass is 354 g/mol. The van der Waals surface area contributed by atoms with E-state index in [1.54, 1.807) is 18.2 Å². The SMILES string of the molecule is Cc1ccc2c(c1)OC(C)(C)CC2NC(=O)Cc1ccccc1[N+](=O)[O-]. The summed E-state index contributed by atoms with van der Waals surface area (Å²) in [5.41, 5.74) is 1.99. The standard InChI is InChI=1S/C20H22N2O4/c1-13-8-9-15-16(12-20(2,3)26-18(15)10-13)21-19(23)11-14-6-4-5-7-17(14)22(24)25/h4-10,16H,11-12H2,1-3H3,(H,21,23). The van der Waals surface area contributed by atoms with Gasteiger partial charge < -0.3 is 10.1 Å². The van der Waals surface area contributed by atoms with Crippen molar-refractivity contribution in [2.75, 3.05) is 0 Å². The maximum Gasteiger partial charge on any atom is 0.273 e. The Morgan fingerprint density at radius 1 is 1.31 bits per heavy atom. The zero-order chi connectivity index (χ0) is 18.9. The van der Waals surface area contributed by atoms with Gasteiger partial charge in [0.05, 0.1) is 17.4 Å². The van der Waals surface area contributed by atoms with Crippen molar-refractivity contribution in [3.05, 3.63) is 69.3 Å².